The first-order valence-electron chi connectivity index (χ1n) is 9.63. The van der Waals surface area contributed by atoms with Crippen molar-refractivity contribution < 1.29 is 97.2 Å². The van der Waals surface area contributed by atoms with Crippen molar-refractivity contribution in [2.75, 3.05) is 92.2 Å². The molecule has 0 saturated carbocycles. The number of hydrogen-bond donors (Lipinski definition) is 0. The fourth-order valence-electron chi connectivity index (χ4n) is 1.34. The molecule has 0 bridgehead atoms. The minimum Gasteiger partial charge on any atom is -0.748 e. The van der Waals surface area contributed by atoms with E-state index in [4.69, 9.17) is 54.2 Å². The third-order valence-electron chi connectivity index (χ3n) is 2.43. The fourth-order valence-corrected chi connectivity index (χ4v) is 1.34. The second-order valence-corrected chi connectivity index (χ2v) is 6.76. The largest absolute Gasteiger partial charge is 1.00 e. The summed E-state index contributed by atoms with van der Waals surface area (Å²) in [5.41, 5.74) is 0. The number of hydrogen-bond acceptors (Lipinski definition) is 9. The van der Waals surface area contributed by atoms with Crippen LogP contribution >= 0.6 is 0 Å². The fraction of sp³-hybridized carbons (Fsp3) is 0.762. The van der Waals surface area contributed by atoms with Crippen LogP contribution in [0.15, 0.2) is 0 Å². The molecular weight excluding hydrogens is 485 g/mol. The maximum atomic E-state index is 11.5. The summed E-state index contributed by atoms with van der Waals surface area (Å²) in [6.07, 6.45) is 11.6. The van der Waals surface area contributed by atoms with E-state index in [2.05, 4.69) is 18.8 Å². The molecule has 0 unspecified atom stereocenters. The van der Waals surface area contributed by atoms with Crippen molar-refractivity contribution in [3.05, 3.63) is 7.43 Å². The molecule has 0 atom stereocenters. The molecule has 0 heterocycles. The average molecular weight is 525 g/mol. The number of alkyl halides is 1. The molecule has 0 N–H and O–H groups in total. The van der Waals surface area contributed by atoms with E-state index in [1.807, 2.05) is 0 Å². The zero-order chi connectivity index (χ0) is 24.1. The maximum Gasteiger partial charge on any atom is 1.00 e. The molecule has 192 valence electrons. The van der Waals surface area contributed by atoms with Gasteiger partial charge in [-0.1, -0.05) is 18.8 Å². The van der Waals surface area contributed by atoms with Crippen LogP contribution in [0.3, 0.4) is 0 Å². The van der Waals surface area contributed by atoms with Crippen molar-refractivity contribution in [2.45, 2.75) is 13.3 Å². The molecular formula is C21H39FKO9S-. The van der Waals surface area contributed by atoms with E-state index < -0.39 is 16.8 Å². The van der Waals surface area contributed by atoms with E-state index >= 15 is 0 Å². The van der Waals surface area contributed by atoms with E-state index in [9.17, 15) is 4.39 Å². The zero-order valence-electron chi connectivity index (χ0n) is 20.5. The molecule has 0 aromatic rings. The van der Waals surface area contributed by atoms with E-state index in [-0.39, 0.29) is 65.4 Å². The maximum absolute atomic E-state index is 11.5. The molecule has 0 aromatic heterocycles. The number of ether oxygens (including phenoxy) is 6. The van der Waals surface area contributed by atoms with Gasteiger partial charge in [-0.15, -0.1) is 12.8 Å². The van der Waals surface area contributed by atoms with Crippen molar-refractivity contribution in [2.24, 2.45) is 0 Å². The van der Waals surface area contributed by atoms with Crippen LogP contribution in [0.2, 0.25) is 0 Å². The predicted octanol–water partition coefficient (Wildman–Crippen LogP) is -1.67. The van der Waals surface area contributed by atoms with Gasteiger partial charge in [-0.2, -0.15) is 0 Å². The van der Waals surface area contributed by atoms with Crippen LogP contribution < -0.4 is 51.4 Å². The van der Waals surface area contributed by atoms with Crippen molar-refractivity contribution in [1.82, 2.24) is 0 Å². The molecule has 33 heavy (non-hydrogen) atoms. The summed E-state index contributed by atoms with van der Waals surface area (Å²) in [6.45, 7) is 7.48. The molecule has 0 rings (SSSR count). The summed E-state index contributed by atoms with van der Waals surface area (Å²) in [5.74, 6) is 4.73. The molecule has 0 spiro atoms. The van der Waals surface area contributed by atoms with Crippen LogP contribution in [0.4, 0.5) is 4.39 Å². The van der Waals surface area contributed by atoms with Gasteiger partial charge in [-0.25, -0.2) is 12.8 Å². The van der Waals surface area contributed by atoms with E-state index in [1.54, 1.807) is 0 Å². The van der Waals surface area contributed by atoms with Gasteiger partial charge < -0.3 is 40.4 Å². The second kappa shape index (κ2) is 39.6. The Morgan fingerprint density at radius 1 is 0.727 bits per heavy atom. The Kier molecular flexibility index (Phi) is 52.1. The second-order valence-electron chi connectivity index (χ2n) is 5.36. The Bertz CT molecular complexity index is 483. The van der Waals surface area contributed by atoms with Crippen LogP contribution in [-0.2, 0) is 38.5 Å². The third kappa shape index (κ3) is 72.0. The van der Waals surface area contributed by atoms with Crippen molar-refractivity contribution in [1.29, 1.82) is 0 Å². The van der Waals surface area contributed by atoms with Crippen LogP contribution in [-0.4, -0.2) is 105 Å². The zero-order valence-corrected chi connectivity index (χ0v) is 24.5. The SMILES string of the molecule is C#CCOCCOCCOCCC.C#CCOCCOCCOCC[18F].CS(=O)(=O)[O-].[CH3-].[K+]. The summed E-state index contributed by atoms with van der Waals surface area (Å²) >= 11 is 0. The first-order valence-corrected chi connectivity index (χ1v) is 11.4. The number of terminal acetylenes is 2. The van der Waals surface area contributed by atoms with Crippen molar-refractivity contribution >= 4 is 10.1 Å². The van der Waals surface area contributed by atoms with Crippen LogP contribution in [0.1, 0.15) is 13.3 Å². The van der Waals surface area contributed by atoms with Crippen molar-refractivity contribution in [3.63, 3.8) is 0 Å². The summed E-state index contributed by atoms with van der Waals surface area (Å²) in [5, 5.41) is 0. The topological polar surface area (TPSA) is 113 Å². The molecule has 0 fully saturated rings. The Morgan fingerprint density at radius 2 is 1.00 bits per heavy atom. The van der Waals surface area contributed by atoms with Crippen LogP contribution in [0.25, 0.3) is 0 Å². The van der Waals surface area contributed by atoms with Gasteiger partial charge in [0.2, 0.25) is 0 Å². The molecule has 0 aliphatic rings. The van der Waals surface area contributed by atoms with Gasteiger partial charge >= 0.3 is 51.4 Å². The quantitative estimate of drug-likeness (QED) is 0.0683. The van der Waals surface area contributed by atoms with Crippen molar-refractivity contribution in [3.8, 4) is 24.7 Å². The standard InChI is InChI=1S/C10H18O3.C9H15FO3.CH4O3S.CH3.K/c1-3-5-11-7-9-13-10-8-12-6-4-2;1-2-4-11-6-8-13-9-7-12-5-3-10;1-5(2,3)4;;/h1H,4-10H2,2H3;1H,3-9H2;1H3,(H,2,3,4);1H3;/q;;;-1;+1/p-1/i;10-1;;;. The summed E-state index contributed by atoms with van der Waals surface area (Å²) in [4.78, 5) is 0. The Morgan fingerprint density at radius 3 is 1.27 bits per heavy atom. The van der Waals surface area contributed by atoms with Crippen LogP contribution in [0, 0.1) is 32.1 Å². The van der Waals surface area contributed by atoms with E-state index in [0.29, 0.717) is 72.3 Å². The molecule has 0 saturated heterocycles. The first kappa shape index (κ1) is 43.4. The van der Waals surface area contributed by atoms with Crippen LogP contribution in [0.5, 0.6) is 0 Å². The number of halogens is 1. The third-order valence-corrected chi connectivity index (χ3v) is 2.43. The molecule has 0 aliphatic carbocycles. The number of rotatable bonds is 18. The van der Waals surface area contributed by atoms with Gasteiger partial charge in [0.1, 0.15) is 19.9 Å². The normalized spacial score (nSPS) is 9.52. The van der Waals surface area contributed by atoms with Gasteiger partial charge in [0.25, 0.3) is 0 Å². The molecule has 0 aliphatic heterocycles. The van der Waals surface area contributed by atoms with Gasteiger partial charge in [-0.05, 0) is 6.42 Å². The molecule has 12 heteroatoms. The van der Waals surface area contributed by atoms with E-state index in [1.165, 1.54) is 0 Å². The Labute approximate surface area is 242 Å². The Hall–Kier alpha value is 0.356. The van der Waals surface area contributed by atoms with Gasteiger partial charge in [-0.3, -0.25) is 0 Å². The summed E-state index contributed by atoms with van der Waals surface area (Å²) in [6, 6.07) is 0. The van der Waals surface area contributed by atoms with Gasteiger partial charge in [0, 0.05) is 12.9 Å². The Balaban J connectivity index is -0.000000125. The predicted molar refractivity (Wildman–Crippen MR) is 121 cm³/mol. The summed E-state index contributed by atoms with van der Waals surface area (Å²) < 4.78 is 69.0. The molecule has 0 aromatic carbocycles. The molecule has 0 radical (unpaired) electrons. The van der Waals surface area contributed by atoms with Gasteiger partial charge in [0.15, 0.2) is 0 Å². The molecule has 0 amide bonds. The summed E-state index contributed by atoms with van der Waals surface area (Å²) in [7, 11) is -3.92. The average Bonchev–Trinajstić information content (AvgIpc) is 2.71. The smallest absolute Gasteiger partial charge is 0.748 e. The first-order chi connectivity index (χ1) is 14.8. The van der Waals surface area contributed by atoms with E-state index in [0.717, 1.165) is 13.0 Å². The minimum absolute atomic E-state index is 0. The monoisotopic (exact) mass is 524 g/mol. The van der Waals surface area contributed by atoms with Gasteiger partial charge in [0.05, 0.1) is 69.6 Å². The molecule has 9 nitrogen and oxygen atoms in total. The minimum atomic E-state index is -3.92.